The summed E-state index contributed by atoms with van der Waals surface area (Å²) < 4.78 is 10.5. The lowest BCUT2D eigenvalue weighted by atomic mass is 10.0. The predicted octanol–water partition coefficient (Wildman–Crippen LogP) is 0.851. The molecule has 0 aliphatic carbocycles. The quantitative estimate of drug-likeness (QED) is 0.0344. The molecule has 7 N–H and O–H groups in total. The number of carboxylic acids is 1. The highest BCUT2D eigenvalue weighted by Gasteiger charge is 2.32. The zero-order valence-corrected chi connectivity index (χ0v) is 29.9. The second kappa shape index (κ2) is 21.9. The molecule has 1 aliphatic heterocycles. The normalized spacial score (nSPS) is 17.8. The molecule has 2 aromatic rings. The summed E-state index contributed by atoms with van der Waals surface area (Å²) in [5, 5.41) is 31.2. The van der Waals surface area contributed by atoms with Crippen molar-refractivity contribution in [2.45, 2.75) is 68.1 Å². The third kappa shape index (κ3) is 14.7. The first-order chi connectivity index (χ1) is 25.4. The highest BCUT2D eigenvalue weighted by molar-refractivity contribution is 8.76. The van der Waals surface area contributed by atoms with E-state index in [1.165, 1.54) is 21.6 Å². The van der Waals surface area contributed by atoms with Crippen LogP contribution in [0.2, 0.25) is 0 Å². The van der Waals surface area contributed by atoms with Gasteiger partial charge >= 0.3 is 17.9 Å². The van der Waals surface area contributed by atoms with E-state index in [-0.39, 0.29) is 43.7 Å². The van der Waals surface area contributed by atoms with Crippen molar-refractivity contribution in [2.24, 2.45) is 5.73 Å². The Labute approximate surface area is 310 Å². The fourth-order valence-electron chi connectivity index (χ4n) is 4.69. The molecule has 0 spiro atoms. The Hall–Kier alpha value is -5.28. The van der Waals surface area contributed by atoms with Crippen LogP contribution >= 0.6 is 21.6 Å². The third-order valence-corrected chi connectivity index (χ3v) is 9.64. The average molecular weight is 778 g/mol. The Morgan fingerprint density at radius 1 is 1.02 bits per heavy atom. The van der Waals surface area contributed by atoms with Crippen molar-refractivity contribution in [2.75, 3.05) is 25.4 Å². The molecule has 1 aromatic heterocycles. The van der Waals surface area contributed by atoms with Gasteiger partial charge in [0.25, 0.3) is 11.6 Å². The first-order valence-corrected chi connectivity index (χ1v) is 18.7. The highest BCUT2D eigenvalue weighted by atomic mass is 33.1. The third-order valence-electron chi connectivity index (χ3n) is 7.37. The number of amides is 4. The van der Waals surface area contributed by atoms with Gasteiger partial charge in [-0.2, -0.15) is 0 Å². The van der Waals surface area contributed by atoms with Crippen LogP contribution in [0.25, 0.3) is 0 Å². The van der Waals surface area contributed by atoms with E-state index in [1.54, 1.807) is 18.3 Å². The second-order valence-electron chi connectivity index (χ2n) is 11.3. The lowest BCUT2D eigenvalue weighted by molar-refractivity contribution is -0.384. The average Bonchev–Trinajstić information content (AvgIpc) is 3.13. The topological polar surface area (TPSA) is 288 Å². The number of esters is 2. The van der Waals surface area contributed by atoms with Gasteiger partial charge in [0.15, 0.2) is 0 Å². The van der Waals surface area contributed by atoms with E-state index >= 15 is 0 Å². The van der Waals surface area contributed by atoms with Crippen molar-refractivity contribution in [3.63, 3.8) is 0 Å². The van der Waals surface area contributed by atoms with Crippen molar-refractivity contribution in [3.05, 3.63) is 58.3 Å². The molecule has 0 saturated heterocycles. The Kier molecular flexibility index (Phi) is 17.4. The molecule has 53 heavy (non-hydrogen) atoms. The van der Waals surface area contributed by atoms with Crippen LogP contribution < -0.4 is 31.7 Å². The Balaban J connectivity index is 1.76. The number of non-ortho nitro benzene ring substituents is 1. The Bertz CT molecular complexity index is 1650. The smallest absolute Gasteiger partial charge is 0.333 e. The van der Waals surface area contributed by atoms with Gasteiger partial charge < -0.3 is 41.6 Å². The number of nitrogens with two attached hydrogens (primary N) is 1. The van der Waals surface area contributed by atoms with Gasteiger partial charge in [-0.3, -0.25) is 38.9 Å². The number of hydrogen-bond acceptors (Lipinski definition) is 15. The number of ether oxygens (including phenoxy) is 2. The van der Waals surface area contributed by atoms with Crippen molar-refractivity contribution < 1.29 is 53.1 Å². The number of carboxylic acid groups (broad SMARTS) is 1. The number of unbranched alkanes of at least 4 members (excludes halogenated alkanes) is 1. The van der Waals surface area contributed by atoms with Gasteiger partial charge in [0.05, 0.1) is 23.5 Å². The minimum atomic E-state index is -1.50. The molecule has 3 rings (SSSR count). The zero-order valence-electron chi connectivity index (χ0n) is 28.3. The standard InChI is InChI=1S/C32H39N7O12S2/c33-13-3-1-5-21-31(46)38-23(30(45)35-18-28(43)51-27(42)12-16-52-53-25-6-2-4-14-34-25)11-15-50-24-9-7-19(39(48)49)17-20(24)29(44)36-22(32(47)37-21)8-10-26(40)41/h2,4,6-7,9,14,17,21-23H,1,3,5,8,10-13,15-16,18,33H2,(H,35,45)(H,36,44)(H,37,47)(H,38,46)(H,40,41)/t21-,22-,23-/m0/s1. The van der Waals surface area contributed by atoms with E-state index < -0.39 is 89.7 Å². The zero-order chi connectivity index (χ0) is 38.8. The first-order valence-electron chi connectivity index (χ1n) is 16.3. The molecule has 0 saturated carbocycles. The van der Waals surface area contributed by atoms with Gasteiger partial charge in [0.2, 0.25) is 17.7 Å². The molecule has 0 bridgehead atoms. The molecule has 21 heteroatoms. The fraction of sp³-hybridized carbons (Fsp3) is 0.438. The Morgan fingerprint density at radius 3 is 2.47 bits per heavy atom. The number of aliphatic carboxylic acids is 1. The number of aromatic nitrogens is 1. The minimum absolute atomic E-state index is 0.0430. The molecule has 3 atom stereocenters. The molecule has 0 unspecified atom stereocenters. The molecular formula is C32H39N7O12S2. The number of rotatable bonds is 16. The van der Waals surface area contributed by atoms with Gasteiger partial charge in [-0.05, 0) is 61.2 Å². The lowest BCUT2D eigenvalue weighted by Gasteiger charge is -2.26. The number of nitrogens with one attached hydrogen (secondary N) is 4. The van der Waals surface area contributed by atoms with E-state index in [0.717, 1.165) is 23.2 Å². The predicted molar refractivity (Wildman–Crippen MR) is 189 cm³/mol. The summed E-state index contributed by atoms with van der Waals surface area (Å²) in [6.45, 7) is -0.794. The highest BCUT2D eigenvalue weighted by Crippen LogP contribution is 2.29. The van der Waals surface area contributed by atoms with Crippen molar-refractivity contribution in [1.29, 1.82) is 0 Å². The molecule has 1 aliphatic rings. The summed E-state index contributed by atoms with van der Waals surface area (Å²) in [6.07, 6.45) is 1.19. The van der Waals surface area contributed by atoms with Gasteiger partial charge in [-0.25, -0.2) is 9.78 Å². The molecule has 286 valence electrons. The van der Waals surface area contributed by atoms with Crippen molar-refractivity contribution >= 4 is 68.8 Å². The fourth-order valence-corrected chi connectivity index (χ4v) is 6.54. The van der Waals surface area contributed by atoms with Crippen LogP contribution in [-0.2, 0) is 33.5 Å². The Morgan fingerprint density at radius 2 is 1.77 bits per heavy atom. The van der Waals surface area contributed by atoms with Gasteiger partial charge in [-0.15, -0.1) is 0 Å². The van der Waals surface area contributed by atoms with Crippen LogP contribution in [0.5, 0.6) is 5.75 Å². The number of pyridine rings is 1. The molecule has 19 nitrogen and oxygen atoms in total. The van der Waals surface area contributed by atoms with E-state index in [4.69, 9.17) is 15.2 Å². The number of benzene rings is 1. The molecule has 2 heterocycles. The number of carbonyl (C=O) groups excluding carboxylic acids is 6. The SMILES string of the molecule is NCCCC[C@@H]1NC(=O)[C@H](CCC(=O)O)NC(=O)c2cc([N+](=O)[O-])ccc2OCC[C@@H](C(=O)NCC(=O)OC(=O)CCSSc2ccccn2)NC1=O. The molecule has 0 radical (unpaired) electrons. The second-order valence-corrected chi connectivity index (χ2v) is 13.8. The first kappa shape index (κ1) is 42.1. The molecule has 4 amide bonds. The van der Waals surface area contributed by atoms with E-state index in [0.29, 0.717) is 18.6 Å². The summed E-state index contributed by atoms with van der Waals surface area (Å²) in [6, 6.07) is 4.33. The maximum Gasteiger partial charge on any atom is 0.333 e. The monoisotopic (exact) mass is 777 g/mol. The largest absolute Gasteiger partial charge is 0.493 e. The summed E-state index contributed by atoms with van der Waals surface area (Å²) >= 11 is 0. The molecule has 0 fully saturated rings. The van der Waals surface area contributed by atoms with Crippen molar-refractivity contribution in [3.8, 4) is 5.75 Å². The lowest BCUT2D eigenvalue weighted by Crippen LogP contribution is -2.57. The summed E-state index contributed by atoms with van der Waals surface area (Å²) in [5.41, 5.74) is 4.76. The van der Waals surface area contributed by atoms with Gasteiger partial charge in [-0.1, -0.05) is 16.9 Å². The van der Waals surface area contributed by atoms with Crippen molar-refractivity contribution in [1.82, 2.24) is 26.3 Å². The van der Waals surface area contributed by atoms with Crippen LogP contribution in [0, 0.1) is 10.1 Å². The number of nitro groups is 1. The summed E-state index contributed by atoms with van der Waals surface area (Å²) in [7, 11) is 2.67. The number of nitrogens with zero attached hydrogens (tertiary/aromatic N) is 2. The van der Waals surface area contributed by atoms with Crippen LogP contribution in [0.1, 0.15) is 55.3 Å². The minimum Gasteiger partial charge on any atom is -0.493 e. The maximum absolute atomic E-state index is 13.5. The number of fused-ring (bicyclic) bond motifs is 1. The van der Waals surface area contributed by atoms with Crippen LogP contribution in [0.4, 0.5) is 5.69 Å². The van der Waals surface area contributed by atoms with E-state index in [2.05, 4.69) is 26.3 Å². The number of hydrogen-bond donors (Lipinski definition) is 6. The summed E-state index contributed by atoms with van der Waals surface area (Å²) in [5.74, 6) is -6.64. The number of carbonyl (C=O) groups is 7. The summed E-state index contributed by atoms with van der Waals surface area (Å²) in [4.78, 5) is 104. The van der Waals surface area contributed by atoms with Gasteiger partial charge in [0.1, 0.15) is 35.4 Å². The van der Waals surface area contributed by atoms with Crippen LogP contribution in [0.3, 0.4) is 0 Å². The van der Waals surface area contributed by atoms with Gasteiger partial charge in [0, 0.05) is 36.9 Å². The van der Waals surface area contributed by atoms with E-state index in [1.807, 2.05) is 6.07 Å². The van der Waals surface area contributed by atoms with Crippen LogP contribution in [0.15, 0.2) is 47.6 Å². The molecular weight excluding hydrogens is 739 g/mol. The molecule has 1 aromatic carbocycles. The maximum atomic E-state index is 13.5. The van der Waals surface area contributed by atoms with E-state index in [9.17, 15) is 48.8 Å². The van der Waals surface area contributed by atoms with Crippen LogP contribution in [-0.4, -0.2) is 100 Å². The number of nitro benzene ring substituents is 1.